The first-order chi connectivity index (χ1) is 11.6. The molecule has 0 aliphatic carbocycles. The molecule has 0 saturated carbocycles. The molecule has 0 radical (unpaired) electrons. The lowest BCUT2D eigenvalue weighted by molar-refractivity contribution is 0.355. The van der Waals surface area contributed by atoms with Crippen LogP contribution < -0.4 is 9.47 Å². The molecule has 0 fully saturated rings. The van der Waals surface area contributed by atoms with Crippen molar-refractivity contribution in [3.8, 4) is 22.9 Å². The molecule has 0 unspecified atom stereocenters. The van der Waals surface area contributed by atoms with E-state index in [1.54, 1.807) is 36.4 Å². The molecule has 3 rings (SSSR count). The number of nitrogens with zero attached hydrogens (tertiary/aromatic N) is 3. The van der Waals surface area contributed by atoms with Crippen LogP contribution in [-0.4, -0.2) is 35.3 Å². The van der Waals surface area contributed by atoms with Gasteiger partial charge in [0.1, 0.15) is 0 Å². The third-order valence-corrected chi connectivity index (χ3v) is 4.70. The molecule has 124 valence electrons. The summed E-state index contributed by atoms with van der Waals surface area (Å²) in [6.45, 7) is 2.04. The van der Waals surface area contributed by atoms with Crippen molar-refractivity contribution in [1.82, 2.24) is 14.9 Å². The van der Waals surface area contributed by atoms with Crippen LogP contribution in [0.3, 0.4) is 0 Å². The first-order valence-corrected chi connectivity index (χ1v) is 8.41. The van der Waals surface area contributed by atoms with Gasteiger partial charge in [-0.1, -0.05) is 0 Å². The van der Waals surface area contributed by atoms with Crippen molar-refractivity contribution in [2.24, 2.45) is 5.10 Å². The molecule has 1 N–H and O–H groups in total. The molecule has 0 aliphatic heterocycles. The molecule has 24 heavy (non-hydrogen) atoms. The number of rotatable bonds is 5. The van der Waals surface area contributed by atoms with Crippen LogP contribution in [0.25, 0.3) is 11.4 Å². The van der Waals surface area contributed by atoms with Gasteiger partial charge < -0.3 is 9.47 Å². The second kappa shape index (κ2) is 6.98. The fraction of sp³-hybridized carbons (Fsp3) is 0.188. The lowest BCUT2D eigenvalue weighted by atomic mass is 10.2. The highest BCUT2D eigenvalue weighted by atomic mass is 32.1. The topological polar surface area (TPSA) is 64.4 Å². The molecule has 2 heterocycles. The molecule has 0 aliphatic rings. The summed E-state index contributed by atoms with van der Waals surface area (Å²) in [5, 5.41) is 13.6. The minimum Gasteiger partial charge on any atom is -0.493 e. The Balaban J connectivity index is 2.03. The van der Waals surface area contributed by atoms with Crippen LogP contribution in [0.15, 0.2) is 34.7 Å². The summed E-state index contributed by atoms with van der Waals surface area (Å²) in [5.41, 5.74) is 1.99. The van der Waals surface area contributed by atoms with Gasteiger partial charge >= 0.3 is 0 Å². The smallest absolute Gasteiger partial charge is 0.216 e. The van der Waals surface area contributed by atoms with Crippen molar-refractivity contribution in [3.63, 3.8) is 0 Å². The standard InChI is InChI=1S/C16H16N4O2S2/c1-10-6-7-24-14(10)9-17-20-15(18-19-16(20)23)11-4-5-12(21-2)13(8-11)22-3/h4-9H,1-3H3,(H,19,23)/b17-9+. The zero-order valence-electron chi connectivity index (χ0n) is 13.4. The number of ether oxygens (including phenoxy) is 2. The highest BCUT2D eigenvalue weighted by Gasteiger charge is 2.12. The number of hydrogen-bond acceptors (Lipinski definition) is 6. The Morgan fingerprint density at radius 3 is 2.71 bits per heavy atom. The zero-order chi connectivity index (χ0) is 17.1. The normalized spacial score (nSPS) is 11.1. The monoisotopic (exact) mass is 360 g/mol. The van der Waals surface area contributed by atoms with E-state index in [0.717, 1.165) is 10.4 Å². The van der Waals surface area contributed by atoms with E-state index < -0.39 is 0 Å². The first kappa shape index (κ1) is 16.4. The fourth-order valence-electron chi connectivity index (χ4n) is 2.19. The predicted octanol–water partition coefficient (Wildman–Crippen LogP) is 3.88. The summed E-state index contributed by atoms with van der Waals surface area (Å²) in [6.07, 6.45) is 1.79. The molecular formula is C16H16N4O2S2. The first-order valence-electron chi connectivity index (χ1n) is 7.12. The number of thiophene rings is 1. The maximum absolute atomic E-state index is 5.34. The lowest BCUT2D eigenvalue weighted by Crippen LogP contribution is -1.96. The minimum absolute atomic E-state index is 0.422. The van der Waals surface area contributed by atoms with E-state index in [0.29, 0.717) is 22.1 Å². The largest absolute Gasteiger partial charge is 0.493 e. The third kappa shape index (κ3) is 3.10. The maximum Gasteiger partial charge on any atom is 0.216 e. The van der Waals surface area contributed by atoms with Crippen LogP contribution in [0.1, 0.15) is 10.4 Å². The summed E-state index contributed by atoms with van der Waals surface area (Å²) in [6, 6.07) is 7.60. The Labute approximate surface area is 148 Å². The van der Waals surface area contributed by atoms with E-state index in [4.69, 9.17) is 21.7 Å². The number of benzene rings is 1. The van der Waals surface area contributed by atoms with Gasteiger partial charge in [0.25, 0.3) is 0 Å². The second-order valence-corrected chi connectivity index (χ2v) is 6.28. The van der Waals surface area contributed by atoms with E-state index in [2.05, 4.69) is 21.4 Å². The van der Waals surface area contributed by atoms with Gasteiger partial charge in [0.05, 0.1) is 25.3 Å². The van der Waals surface area contributed by atoms with Crippen LogP contribution in [0, 0.1) is 11.7 Å². The van der Waals surface area contributed by atoms with Gasteiger partial charge in [-0.2, -0.15) is 14.9 Å². The van der Waals surface area contributed by atoms with Crippen molar-refractivity contribution in [3.05, 3.63) is 44.9 Å². The number of aryl methyl sites for hydroxylation is 1. The number of aromatic amines is 1. The summed E-state index contributed by atoms with van der Waals surface area (Å²) < 4.78 is 12.6. The van der Waals surface area contributed by atoms with Gasteiger partial charge in [-0.25, -0.2) is 5.10 Å². The zero-order valence-corrected chi connectivity index (χ0v) is 15.1. The SMILES string of the molecule is COc1ccc(-c2n[nH]c(=S)n2/N=C/c2sccc2C)cc1OC. The Hall–Kier alpha value is -2.45. The van der Waals surface area contributed by atoms with Gasteiger partial charge in [0, 0.05) is 5.56 Å². The number of hydrogen-bond donors (Lipinski definition) is 1. The molecule has 0 saturated heterocycles. The van der Waals surface area contributed by atoms with Crippen molar-refractivity contribution in [2.75, 3.05) is 14.2 Å². The second-order valence-electron chi connectivity index (χ2n) is 4.95. The molecule has 2 aromatic heterocycles. The minimum atomic E-state index is 0.422. The molecule has 0 atom stereocenters. The van der Waals surface area contributed by atoms with Crippen molar-refractivity contribution in [2.45, 2.75) is 6.92 Å². The molecule has 0 amide bonds. The summed E-state index contributed by atoms with van der Waals surface area (Å²) in [4.78, 5) is 1.08. The summed E-state index contributed by atoms with van der Waals surface area (Å²) >= 11 is 6.92. The number of aromatic nitrogens is 3. The Kier molecular flexibility index (Phi) is 4.77. The highest BCUT2D eigenvalue weighted by Crippen LogP contribution is 2.31. The van der Waals surface area contributed by atoms with Crippen molar-refractivity contribution < 1.29 is 9.47 Å². The summed E-state index contributed by atoms with van der Waals surface area (Å²) in [5.74, 6) is 1.87. The molecule has 0 spiro atoms. The van der Waals surface area contributed by atoms with Gasteiger partial charge in [-0.05, 0) is 54.4 Å². The van der Waals surface area contributed by atoms with E-state index in [1.165, 1.54) is 5.56 Å². The van der Waals surface area contributed by atoms with E-state index in [-0.39, 0.29) is 0 Å². The van der Waals surface area contributed by atoms with Crippen molar-refractivity contribution in [1.29, 1.82) is 0 Å². The molecule has 1 aromatic carbocycles. The number of nitrogens with one attached hydrogen (secondary N) is 1. The Morgan fingerprint density at radius 1 is 1.25 bits per heavy atom. The lowest BCUT2D eigenvalue weighted by Gasteiger charge is -2.09. The molecular weight excluding hydrogens is 344 g/mol. The van der Waals surface area contributed by atoms with Crippen LogP contribution in [0.5, 0.6) is 11.5 Å². The number of H-pyrrole nitrogens is 1. The Bertz CT molecular complexity index is 940. The fourth-order valence-corrected chi connectivity index (χ4v) is 3.15. The van der Waals surface area contributed by atoms with Gasteiger partial charge in [-0.15, -0.1) is 11.3 Å². The van der Waals surface area contributed by atoms with E-state index in [9.17, 15) is 0 Å². The van der Waals surface area contributed by atoms with Crippen molar-refractivity contribution >= 4 is 29.8 Å². The van der Waals surface area contributed by atoms with Gasteiger partial charge in [0.15, 0.2) is 17.3 Å². The van der Waals surface area contributed by atoms with Crippen LogP contribution in [-0.2, 0) is 0 Å². The highest BCUT2D eigenvalue weighted by molar-refractivity contribution is 7.71. The summed E-state index contributed by atoms with van der Waals surface area (Å²) in [7, 11) is 3.19. The quantitative estimate of drug-likeness (QED) is 0.554. The number of methoxy groups -OCH3 is 2. The van der Waals surface area contributed by atoms with E-state index >= 15 is 0 Å². The predicted molar refractivity (Wildman–Crippen MR) is 98.0 cm³/mol. The van der Waals surface area contributed by atoms with E-state index in [1.807, 2.05) is 30.5 Å². The van der Waals surface area contributed by atoms with Gasteiger partial charge in [-0.3, -0.25) is 0 Å². The molecule has 6 nitrogen and oxygen atoms in total. The van der Waals surface area contributed by atoms with Gasteiger partial charge in [0.2, 0.25) is 4.77 Å². The average Bonchev–Trinajstić information content (AvgIpc) is 3.17. The van der Waals surface area contributed by atoms with Crippen LogP contribution in [0.2, 0.25) is 0 Å². The molecule has 0 bridgehead atoms. The maximum atomic E-state index is 5.34. The molecule has 3 aromatic rings. The molecule has 8 heteroatoms. The average molecular weight is 360 g/mol. The Morgan fingerprint density at radius 2 is 2.04 bits per heavy atom. The van der Waals surface area contributed by atoms with Crippen LogP contribution in [0.4, 0.5) is 0 Å². The third-order valence-electron chi connectivity index (χ3n) is 3.48. The van der Waals surface area contributed by atoms with Crippen LogP contribution >= 0.6 is 23.6 Å².